The maximum Gasteiger partial charge on any atom is 0.408 e. The third-order valence-electron chi connectivity index (χ3n) is 17.1. The number of nitrogens with one attached hydrogen (secondary N) is 5. The van der Waals surface area contributed by atoms with Gasteiger partial charge in [-0.2, -0.15) is 0 Å². The molecule has 0 heterocycles. The SMILES string of the molecule is CC(C)(C)OC(=O)CCC(CCC(=O)OC(C)(C)C)(CCC(=O)OC(C)(C)C)NC(=O)CCC(CCC(=O)NC(CCC(=O)OC(C)(C)C)(CCC(=O)OC(C)(C)C)CCC(=O)OC(C)(C)C)(CCC(=O)NC(CCC(=O)OC(C)(C)C)(CCC(=O)OC(C)(C)C)CCC(=O)OC(C)(C)C)NC(=O)[C@H](CCCCN)NC(=O)OC(C)(C)C. The van der Waals surface area contributed by atoms with Gasteiger partial charge in [0.1, 0.15) is 62.1 Å². The van der Waals surface area contributed by atoms with Crippen molar-refractivity contribution in [2.75, 3.05) is 6.54 Å². The van der Waals surface area contributed by atoms with Gasteiger partial charge in [0, 0.05) is 99.2 Å². The van der Waals surface area contributed by atoms with E-state index < -0.39 is 206 Å². The summed E-state index contributed by atoms with van der Waals surface area (Å²) in [4.78, 5) is 201. The molecule has 676 valence electrons. The van der Waals surface area contributed by atoms with Crippen LogP contribution in [0.15, 0.2) is 0 Å². The molecule has 1 atom stereocenters. The molecular formula is C87H154N6O24. The number of unbranched alkanes of at least 4 members (excludes halogenated alkanes) is 1. The van der Waals surface area contributed by atoms with E-state index in [-0.39, 0.29) is 135 Å². The van der Waals surface area contributed by atoms with Gasteiger partial charge in [-0.15, -0.1) is 0 Å². The number of hydrogen-bond donors (Lipinski definition) is 6. The third kappa shape index (κ3) is 56.4. The first kappa shape index (κ1) is 109. The van der Waals surface area contributed by atoms with Gasteiger partial charge in [0.05, 0.1) is 0 Å². The van der Waals surface area contributed by atoms with Crippen LogP contribution in [0, 0.1) is 0 Å². The molecule has 0 radical (unpaired) electrons. The summed E-state index contributed by atoms with van der Waals surface area (Å²) in [5.41, 5.74) is -10.6. The van der Waals surface area contributed by atoms with E-state index in [1.165, 1.54) is 0 Å². The summed E-state index contributed by atoms with van der Waals surface area (Å²) < 4.78 is 57.4. The van der Waals surface area contributed by atoms with Gasteiger partial charge in [0.2, 0.25) is 23.6 Å². The zero-order valence-corrected chi connectivity index (χ0v) is 77.3. The van der Waals surface area contributed by atoms with Crippen LogP contribution in [0.25, 0.3) is 0 Å². The molecule has 30 nitrogen and oxygen atoms in total. The average molecular weight is 1670 g/mol. The van der Waals surface area contributed by atoms with Crippen molar-refractivity contribution in [1.29, 1.82) is 0 Å². The average Bonchev–Trinajstić information content (AvgIpc) is 0.812. The molecule has 0 aromatic carbocycles. The van der Waals surface area contributed by atoms with Crippen LogP contribution in [-0.2, 0) is 110 Å². The summed E-state index contributed by atoms with van der Waals surface area (Å²) >= 11 is 0. The van der Waals surface area contributed by atoms with E-state index in [1.807, 2.05) is 0 Å². The Kier molecular flexibility index (Phi) is 43.2. The fourth-order valence-electron chi connectivity index (χ4n) is 12.5. The van der Waals surface area contributed by atoms with Crippen LogP contribution in [0.5, 0.6) is 0 Å². The van der Waals surface area contributed by atoms with Crippen molar-refractivity contribution in [3.63, 3.8) is 0 Å². The van der Waals surface area contributed by atoms with Crippen molar-refractivity contribution in [3.8, 4) is 0 Å². The van der Waals surface area contributed by atoms with Gasteiger partial charge in [0.15, 0.2) is 0 Å². The first-order valence-electron chi connectivity index (χ1n) is 41.6. The number of rotatable bonds is 46. The molecule has 0 unspecified atom stereocenters. The molecule has 0 aliphatic rings. The van der Waals surface area contributed by atoms with Crippen LogP contribution < -0.4 is 32.3 Å². The van der Waals surface area contributed by atoms with Crippen LogP contribution in [0.3, 0.4) is 0 Å². The Morgan fingerprint density at radius 1 is 0.231 bits per heavy atom. The molecule has 0 aromatic heterocycles. The first-order chi connectivity index (χ1) is 52.7. The van der Waals surface area contributed by atoms with Crippen molar-refractivity contribution in [1.82, 2.24) is 26.6 Å². The lowest BCUT2D eigenvalue weighted by Crippen LogP contribution is -2.58. The van der Waals surface area contributed by atoms with Crippen molar-refractivity contribution >= 4 is 83.4 Å². The molecule has 0 saturated heterocycles. The standard InChI is InChI=1S/C87H154N6O24/c1-74(2,3)108-63(97)37-49-84(50-38-64(98)109-75(4,5)6,51-39-65(99)110-76(7,8)9)90-60(94)34-46-87(93-72(106)59(33-31-32-58-88)89-73(107)117-83(28,29)30,47-35-61(95)91-85(52-40-66(100)111-77(10,11)12,53-41-67(101)112-78(13,14)15)54-42-68(102)113-79(16,17)18)48-36-62(96)92-86(55-43-69(103)114-80(19,20)21,56-44-70(104)115-81(22,23)24)57-45-71(105)116-82(25,26)27/h59H,31-58,88H2,1-30H3,(H,89,107)(H,90,94)(H,91,95)(H,92,96)(H,93,106)/t59-/m0/s1. The number of nitrogens with two attached hydrogens (primary N) is 1. The molecule has 0 bridgehead atoms. The Hall–Kier alpha value is -7.66. The minimum absolute atomic E-state index is 0.0553. The Morgan fingerprint density at radius 2 is 0.393 bits per heavy atom. The molecule has 0 saturated carbocycles. The number of amides is 5. The zero-order valence-electron chi connectivity index (χ0n) is 77.3. The largest absolute Gasteiger partial charge is 0.460 e. The highest BCUT2D eigenvalue weighted by Crippen LogP contribution is 2.36. The normalized spacial score (nSPS) is 13.3. The number of ether oxygens (including phenoxy) is 10. The van der Waals surface area contributed by atoms with Crippen molar-refractivity contribution in [2.24, 2.45) is 5.73 Å². The Balaban J connectivity index is 9.82. The molecule has 7 N–H and O–H groups in total. The number of esters is 9. The van der Waals surface area contributed by atoms with E-state index >= 15 is 19.2 Å². The van der Waals surface area contributed by atoms with Crippen LogP contribution in [0.4, 0.5) is 4.79 Å². The van der Waals surface area contributed by atoms with Crippen LogP contribution in [0.1, 0.15) is 381 Å². The van der Waals surface area contributed by atoms with Crippen molar-refractivity contribution < 1.29 is 114 Å². The van der Waals surface area contributed by atoms with Gasteiger partial charge in [-0.25, -0.2) is 4.79 Å². The van der Waals surface area contributed by atoms with Crippen LogP contribution in [-0.4, -0.2) is 174 Å². The lowest BCUT2D eigenvalue weighted by Gasteiger charge is -2.40. The van der Waals surface area contributed by atoms with E-state index in [0.717, 1.165) is 0 Å². The Morgan fingerprint density at radius 3 is 0.556 bits per heavy atom. The molecule has 0 rings (SSSR count). The summed E-state index contributed by atoms with van der Waals surface area (Å²) in [7, 11) is 0. The van der Waals surface area contributed by atoms with E-state index in [1.54, 1.807) is 208 Å². The smallest absolute Gasteiger partial charge is 0.408 e. The Labute approximate surface area is 699 Å². The highest BCUT2D eigenvalue weighted by molar-refractivity contribution is 5.87. The Bertz CT molecular complexity index is 2740. The monoisotopic (exact) mass is 1670 g/mol. The van der Waals surface area contributed by atoms with E-state index in [4.69, 9.17) is 53.1 Å². The third-order valence-corrected chi connectivity index (χ3v) is 17.1. The zero-order chi connectivity index (χ0) is 91.1. The fraction of sp³-hybridized carbons (Fsp3) is 0.839. The number of carbonyl (C=O) groups excluding carboxylic acids is 14. The molecular weight excluding hydrogens is 1510 g/mol. The molecule has 0 aliphatic carbocycles. The molecule has 0 aliphatic heterocycles. The minimum atomic E-state index is -1.96. The summed E-state index contributed by atoms with van der Waals surface area (Å²) in [5, 5.41) is 15.0. The second kappa shape index (κ2) is 46.2. The molecule has 117 heavy (non-hydrogen) atoms. The topological polar surface area (TPSA) is 417 Å². The number of carbonyl (C=O) groups is 14. The predicted octanol–water partition coefficient (Wildman–Crippen LogP) is 13.9. The van der Waals surface area contributed by atoms with Gasteiger partial charge in [-0.3, -0.25) is 62.3 Å². The lowest BCUT2D eigenvalue weighted by molar-refractivity contribution is -0.158. The maximum atomic E-state index is 15.8. The fourth-order valence-corrected chi connectivity index (χ4v) is 12.5. The highest BCUT2D eigenvalue weighted by Gasteiger charge is 2.44. The van der Waals surface area contributed by atoms with E-state index in [9.17, 15) is 47.9 Å². The number of hydrogen-bond acceptors (Lipinski definition) is 25. The summed E-state index contributed by atoms with van der Waals surface area (Å²) in [6.45, 7) is 50.2. The quantitative estimate of drug-likeness (QED) is 0.0187. The summed E-state index contributed by atoms with van der Waals surface area (Å²) in [6, 6.07) is -1.44. The molecule has 0 fully saturated rings. The second-order valence-electron chi connectivity index (χ2n) is 41.0. The van der Waals surface area contributed by atoms with Crippen molar-refractivity contribution in [3.05, 3.63) is 0 Å². The maximum absolute atomic E-state index is 15.8. The van der Waals surface area contributed by atoms with Crippen LogP contribution in [0.2, 0.25) is 0 Å². The van der Waals surface area contributed by atoms with Gasteiger partial charge < -0.3 is 79.7 Å². The van der Waals surface area contributed by atoms with E-state index in [0.29, 0.717) is 6.42 Å². The summed E-state index contributed by atoms with van der Waals surface area (Å²) in [6.07, 6.45) is -8.65. The minimum Gasteiger partial charge on any atom is -0.460 e. The predicted molar refractivity (Wildman–Crippen MR) is 443 cm³/mol. The van der Waals surface area contributed by atoms with Crippen molar-refractivity contribution in [2.45, 2.75) is 465 Å². The first-order valence-corrected chi connectivity index (χ1v) is 41.6. The van der Waals surface area contributed by atoms with Gasteiger partial charge >= 0.3 is 59.8 Å². The molecule has 30 heteroatoms. The van der Waals surface area contributed by atoms with Crippen LogP contribution >= 0.6 is 0 Å². The molecule has 0 aromatic rings. The highest BCUT2D eigenvalue weighted by atomic mass is 16.6. The van der Waals surface area contributed by atoms with Gasteiger partial charge in [0.25, 0.3) is 0 Å². The van der Waals surface area contributed by atoms with Gasteiger partial charge in [-0.1, -0.05) is 0 Å². The summed E-state index contributed by atoms with van der Waals surface area (Å²) in [5.74, 6) is -9.36. The second-order valence-corrected chi connectivity index (χ2v) is 41.0. The molecule has 5 amide bonds. The molecule has 0 spiro atoms. The van der Waals surface area contributed by atoms with E-state index in [2.05, 4.69) is 26.6 Å². The van der Waals surface area contributed by atoms with Gasteiger partial charge in [-0.05, 0) is 311 Å². The number of alkyl carbamates (subject to hydrolysis) is 1. The lowest BCUT2D eigenvalue weighted by atomic mass is 9.80.